The van der Waals surface area contributed by atoms with Crippen LogP contribution in [0.2, 0.25) is 0 Å². The van der Waals surface area contributed by atoms with Gasteiger partial charge in [0.15, 0.2) is 12.4 Å². The van der Waals surface area contributed by atoms with Crippen molar-refractivity contribution < 1.29 is 43.7 Å². The number of amides is 1. The number of benzene rings is 2. The molecule has 0 unspecified atom stereocenters. The molecule has 4 aliphatic rings. The summed E-state index contributed by atoms with van der Waals surface area (Å²) in [5.41, 5.74) is 5.86. The number of aliphatic hydroxyl groups is 2. The third kappa shape index (κ3) is 7.21. The van der Waals surface area contributed by atoms with E-state index in [0.717, 1.165) is 22.8 Å². The lowest BCUT2D eigenvalue weighted by Gasteiger charge is -2.59. The van der Waals surface area contributed by atoms with Crippen molar-refractivity contribution in [3.63, 3.8) is 0 Å². The molecule has 56 heavy (non-hydrogen) atoms. The van der Waals surface area contributed by atoms with Crippen LogP contribution in [0.4, 0.5) is 5.69 Å². The van der Waals surface area contributed by atoms with Gasteiger partial charge in [-0.2, -0.15) is 0 Å². The zero-order valence-corrected chi connectivity index (χ0v) is 31.7. The fourth-order valence-electron chi connectivity index (χ4n) is 10.2. The Balaban J connectivity index is 0.865. The largest absolute Gasteiger partial charge is 0.461 e. The molecule has 0 saturated heterocycles. The highest BCUT2D eigenvalue weighted by Crippen LogP contribution is 2.67. The van der Waals surface area contributed by atoms with Gasteiger partial charge in [-0.3, -0.25) is 29.0 Å². The Morgan fingerprint density at radius 1 is 1.00 bits per heavy atom. The predicted molar refractivity (Wildman–Crippen MR) is 207 cm³/mol. The van der Waals surface area contributed by atoms with Crippen molar-refractivity contribution in [3.8, 4) is 0 Å². The highest BCUT2D eigenvalue weighted by atomic mass is 16.5. The van der Waals surface area contributed by atoms with Gasteiger partial charge in [0.25, 0.3) is 0 Å². The number of carbonyl (C=O) groups is 5. The van der Waals surface area contributed by atoms with E-state index in [1.807, 2.05) is 37.3 Å². The van der Waals surface area contributed by atoms with E-state index >= 15 is 0 Å². The Labute approximate surface area is 325 Å². The summed E-state index contributed by atoms with van der Waals surface area (Å²) >= 11 is 0. The molecular weight excluding hydrogens is 714 g/mol. The molecule has 1 aromatic heterocycles. The lowest BCUT2D eigenvalue weighted by atomic mass is 9.46. The van der Waals surface area contributed by atoms with Crippen molar-refractivity contribution in [2.45, 2.75) is 83.0 Å². The first kappa shape index (κ1) is 39.2. The van der Waals surface area contributed by atoms with Crippen molar-refractivity contribution in [1.29, 1.82) is 0 Å². The molecule has 12 nitrogen and oxygen atoms in total. The van der Waals surface area contributed by atoms with Crippen LogP contribution in [0.5, 0.6) is 0 Å². The molecule has 3 fully saturated rings. The number of nitrogens with two attached hydrogens (primary N) is 1. The number of allylic oxidation sites excluding steroid dienone is 4. The van der Waals surface area contributed by atoms with Gasteiger partial charge in [-0.25, -0.2) is 0 Å². The molecular formula is C44H49N3O9. The number of hydrogen-bond donors (Lipinski definition) is 4. The van der Waals surface area contributed by atoms with Crippen molar-refractivity contribution in [2.75, 3.05) is 18.5 Å². The highest BCUT2D eigenvalue weighted by molar-refractivity contribution is 6.01. The molecule has 3 aromatic rings. The summed E-state index contributed by atoms with van der Waals surface area (Å²) in [7, 11) is 0. The molecule has 1 amide bonds. The van der Waals surface area contributed by atoms with Crippen LogP contribution in [0.3, 0.4) is 0 Å². The number of nitrogens with one attached hydrogen (secondary N) is 1. The summed E-state index contributed by atoms with van der Waals surface area (Å²) in [6.45, 7) is 3.33. The summed E-state index contributed by atoms with van der Waals surface area (Å²) in [5.74, 6) is -3.03. The number of ether oxygens (including phenoxy) is 2. The smallest absolute Gasteiger partial charge is 0.306 e. The van der Waals surface area contributed by atoms with E-state index in [2.05, 4.69) is 17.2 Å². The maximum Gasteiger partial charge on any atom is 0.306 e. The molecule has 0 radical (unpaired) electrons. The van der Waals surface area contributed by atoms with Crippen molar-refractivity contribution in [1.82, 2.24) is 4.98 Å². The second kappa shape index (κ2) is 15.5. The van der Waals surface area contributed by atoms with Gasteiger partial charge in [-0.15, -0.1) is 0 Å². The molecule has 2 aromatic carbocycles. The maximum atomic E-state index is 13.6. The quantitative estimate of drug-likeness (QED) is 0.184. The van der Waals surface area contributed by atoms with Crippen molar-refractivity contribution in [3.05, 3.63) is 95.9 Å². The van der Waals surface area contributed by atoms with E-state index in [9.17, 15) is 34.2 Å². The summed E-state index contributed by atoms with van der Waals surface area (Å²) in [6, 6.07) is 14.4. The first-order valence-corrected chi connectivity index (χ1v) is 19.4. The predicted octanol–water partition coefficient (Wildman–Crippen LogP) is 4.86. The Morgan fingerprint density at radius 3 is 2.50 bits per heavy atom. The normalized spacial score (nSPS) is 29.7. The fraction of sp³-hybridized carbons (Fsp3) is 0.455. The van der Waals surface area contributed by atoms with Crippen LogP contribution in [0.1, 0.15) is 75.8 Å². The van der Waals surface area contributed by atoms with Gasteiger partial charge in [-0.1, -0.05) is 55.8 Å². The van der Waals surface area contributed by atoms with Gasteiger partial charge >= 0.3 is 11.9 Å². The average molecular weight is 764 g/mol. The van der Waals surface area contributed by atoms with Crippen LogP contribution >= 0.6 is 0 Å². The van der Waals surface area contributed by atoms with Gasteiger partial charge in [0.1, 0.15) is 12.2 Å². The maximum absolute atomic E-state index is 13.6. The summed E-state index contributed by atoms with van der Waals surface area (Å²) < 4.78 is 10.6. The third-order valence-electron chi connectivity index (χ3n) is 13.2. The average Bonchev–Trinajstić information content (AvgIpc) is 3.46. The number of aromatic nitrogens is 1. The number of rotatable bonds is 12. The number of aliphatic hydroxyl groups excluding tert-OH is 1. The fourth-order valence-corrected chi connectivity index (χ4v) is 10.2. The van der Waals surface area contributed by atoms with Crippen LogP contribution in [0.15, 0.2) is 84.7 Å². The number of fused-ring (bicyclic) bond motifs is 6. The number of Topliss-reactive ketones (excluding diaryl/α,β-unsaturated/α-hetero) is 1. The number of nitrogens with zero attached hydrogens (tertiary/aromatic N) is 1. The van der Waals surface area contributed by atoms with Crippen LogP contribution in [0.25, 0.3) is 10.8 Å². The van der Waals surface area contributed by atoms with Gasteiger partial charge in [-0.05, 0) is 90.8 Å². The standard InChI is InChI=1S/C44H49N3O9/c1-42-16-13-32(48)20-30(42)8-10-33-35-14-17-44(54,43(35,2)21-36(49)40(33)42)37(50)25-56-39(52)12-11-38(51)55-24-26-3-5-27(6-4-26)34(22-45)41(53)47-31-9-7-29-23-46-18-15-28(29)19-31/h3-7,9,13,15-16,18-20,23,33-36,40,49,54H,8,10-12,14,17,21-22,24-25,45H2,1-2H3,(H,47,53)/t33-,34+,35-,36-,40+,42-,43-,44-/m0/s1. The first-order chi connectivity index (χ1) is 26.8. The number of hydrogen-bond acceptors (Lipinski definition) is 11. The lowest BCUT2D eigenvalue weighted by molar-refractivity contribution is -0.181. The van der Waals surface area contributed by atoms with E-state index in [0.29, 0.717) is 29.7 Å². The number of carbonyl (C=O) groups excluding carboxylic acids is 5. The zero-order chi connectivity index (χ0) is 39.8. The Hall–Kier alpha value is -5.04. The second-order valence-electron chi connectivity index (χ2n) is 16.3. The Bertz CT molecular complexity index is 2110. The molecule has 294 valence electrons. The SMILES string of the molecule is C[C@]12C=CC(=O)C=C1CC[C@@H]1[C@@H]2[C@@H](O)C[C@@]2(C)[C@H]1CC[C@]2(O)C(=O)COC(=O)CCC(=O)OCc1ccc([C@@H](CN)C(=O)Nc2ccc3cnccc3c2)cc1. The number of pyridine rings is 1. The molecule has 4 aliphatic carbocycles. The minimum atomic E-state index is -1.78. The molecule has 8 atom stereocenters. The first-order valence-electron chi connectivity index (χ1n) is 19.4. The molecule has 0 spiro atoms. The number of esters is 2. The van der Waals surface area contributed by atoms with E-state index in [4.69, 9.17) is 15.2 Å². The van der Waals surface area contributed by atoms with Gasteiger partial charge in [0.05, 0.1) is 24.9 Å². The van der Waals surface area contributed by atoms with Crippen LogP contribution < -0.4 is 11.1 Å². The van der Waals surface area contributed by atoms with E-state index < -0.39 is 52.8 Å². The third-order valence-corrected chi connectivity index (χ3v) is 13.2. The summed E-state index contributed by atoms with van der Waals surface area (Å²) in [5, 5.41) is 28.3. The zero-order valence-electron chi connectivity index (χ0n) is 31.7. The molecule has 3 saturated carbocycles. The highest BCUT2D eigenvalue weighted by Gasteiger charge is 2.68. The van der Waals surface area contributed by atoms with E-state index in [-0.39, 0.29) is 68.3 Å². The molecule has 0 aliphatic heterocycles. The second-order valence-corrected chi connectivity index (χ2v) is 16.3. The summed E-state index contributed by atoms with van der Waals surface area (Å²) in [4.78, 5) is 68.0. The minimum Gasteiger partial charge on any atom is -0.461 e. The molecule has 1 heterocycles. The van der Waals surface area contributed by atoms with Gasteiger partial charge < -0.3 is 30.7 Å². The molecule has 12 heteroatoms. The van der Waals surface area contributed by atoms with Gasteiger partial charge in [0, 0.05) is 46.8 Å². The van der Waals surface area contributed by atoms with Crippen LogP contribution in [0, 0.1) is 28.6 Å². The van der Waals surface area contributed by atoms with Crippen molar-refractivity contribution >= 4 is 45.9 Å². The lowest BCUT2D eigenvalue weighted by Crippen LogP contribution is -2.61. The number of ketones is 2. The molecule has 0 bridgehead atoms. The van der Waals surface area contributed by atoms with Gasteiger partial charge in [0.2, 0.25) is 11.7 Å². The molecule has 5 N–H and O–H groups in total. The molecule has 7 rings (SSSR count). The number of anilines is 1. The van der Waals surface area contributed by atoms with Crippen LogP contribution in [-0.4, -0.2) is 69.5 Å². The topological polar surface area (TPSA) is 195 Å². The van der Waals surface area contributed by atoms with E-state index in [1.54, 1.807) is 48.8 Å². The minimum absolute atomic E-state index is 0.0307. The Kier molecular flexibility index (Phi) is 10.8. The summed E-state index contributed by atoms with van der Waals surface area (Å²) in [6.07, 6.45) is 9.73. The van der Waals surface area contributed by atoms with E-state index in [1.165, 1.54) is 0 Å². The van der Waals surface area contributed by atoms with Crippen molar-refractivity contribution in [2.24, 2.45) is 34.3 Å². The monoisotopic (exact) mass is 763 g/mol. The van der Waals surface area contributed by atoms with Crippen LogP contribution in [-0.2, 0) is 40.1 Å². The Morgan fingerprint density at radius 2 is 1.75 bits per heavy atom.